The third-order valence-corrected chi connectivity index (χ3v) is 19.7. The number of ether oxygens (including phenoxy) is 5. The number of amides is 4. The van der Waals surface area contributed by atoms with E-state index in [-0.39, 0.29) is 56.0 Å². The van der Waals surface area contributed by atoms with Gasteiger partial charge in [-0.15, -0.1) is 0 Å². The molecule has 12 atom stereocenters. The van der Waals surface area contributed by atoms with Crippen molar-refractivity contribution in [2.45, 2.75) is 148 Å². The Morgan fingerprint density at radius 2 is 1.44 bits per heavy atom. The Hall–Kier alpha value is -9.38. The number of carboxylic acid groups (broad SMARTS) is 1. The molecule has 4 amide bonds. The number of ketones is 1. The molecule has 1 heterocycles. The van der Waals surface area contributed by atoms with Gasteiger partial charge in [0.1, 0.15) is 23.9 Å². The van der Waals surface area contributed by atoms with Crippen LogP contribution in [0.25, 0.3) is 17.2 Å². The minimum absolute atomic E-state index is 0.0703. The van der Waals surface area contributed by atoms with Crippen LogP contribution in [-0.2, 0) is 75.0 Å². The number of hydrogen-bond donors (Lipinski definition) is 6. The molecule has 22 nitrogen and oxygen atoms in total. The third-order valence-electron chi connectivity index (χ3n) is 19.7. The smallest absolute Gasteiger partial charge is 0.338 e. The van der Waals surface area contributed by atoms with Crippen molar-refractivity contribution in [3.63, 3.8) is 0 Å². The van der Waals surface area contributed by atoms with E-state index < -0.39 is 156 Å². The molecule has 0 radical (unpaired) electrons. The van der Waals surface area contributed by atoms with Crippen LogP contribution in [0.2, 0.25) is 0 Å². The first-order valence-electron chi connectivity index (χ1n) is 31.9. The van der Waals surface area contributed by atoms with E-state index in [1.54, 1.807) is 117 Å². The number of rotatable bonds is 24. The lowest BCUT2D eigenvalue weighted by Crippen LogP contribution is -2.83. The second kappa shape index (κ2) is 29.1. The van der Waals surface area contributed by atoms with E-state index in [0.29, 0.717) is 34.4 Å². The van der Waals surface area contributed by atoms with Crippen LogP contribution in [0, 0.1) is 28.6 Å². The van der Waals surface area contributed by atoms with Crippen molar-refractivity contribution in [1.82, 2.24) is 16.0 Å². The molecule has 1 aliphatic heterocycles. The standard InChI is InChI=1S/C73H82N4O18/c1-9-45-21-17-18-26-50(45)40-77(60(83)33-34-74-59(82)39-75-58(81)31-32-61(84)85)54-30-20-29-52(51(54)10-2)48-27-19-28-49(35-48)68(88)76-53(46-22-13-11-14-23-46)36-62(86)93-55-38-73(90)67(94-69(89)47-24-15-12-16-25-47)65-71(8,56(80)37-57-72(65,41-91-57)95-44(5)79)66(87)64(92-43(4)78)63(42(55)3)70(73,6)7/h10-30,35,42,53,55-57,63-65,67,80,90H,2,9,31-34,36-41H2,1,3-8H3,(H,74,82)(H,75,81)(H,76,88)(H,84,85)/t42?,53?,55-,56-,57+,63?,64+,65-,67-,71+,72-,73+/m0/s1. The highest BCUT2D eigenvalue weighted by molar-refractivity contribution is 6.00. The molecule has 95 heavy (non-hydrogen) atoms. The maximum Gasteiger partial charge on any atom is 0.338 e. The van der Waals surface area contributed by atoms with E-state index >= 15 is 4.79 Å². The fourth-order valence-corrected chi connectivity index (χ4v) is 14.8. The lowest BCUT2D eigenvalue weighted by atomic mass is 9.42. The number of anilines is 1. The summed E-state index contributed by atoms with van der Waals surface area (Å²) >= 11 is 0. The largest absolute Gasteiger partial charge is 0.481 e. The Balaban J connectivity index is 1.01. The fraction of sp³-hybridized carbons (Fsp3) is 0.425. The summed E-state index contributed by atoms with van der Waals surface area (Å²) in [4.78, 5) is 138. The van der Waals surface area contributed by atoms with Crippen molar-refractivity contribution >= 4 is 71.0 Å². The van der Waals surface area contributed by atoms with Crippen molar-refractivity contribution in [1.29, 1.82) is 0 Å². The number of carbonyl (C=O) groups is 10. The summed E-state index contributed by atoms with van der Waals surface area (Å²) in [7, 11) is 0. The van der Waals surface area contributed by atoms with E-state index in [1.165, 1.54) is 19.1 Å². The van der Waals surface area contributed by atoms with Gasteiger partial charge in [-0.1, -0.05) is 137 Å². The number of aliphatic carboxylic acids is 1. The van der Waals surface area contributed by atoms with Gasteiger partial charge in [-0.25, -0.2) is 4.79 Å². The van der Waals surface area contributed by atoms with Crippen LogP contribution in [0.1, 0.15) is 136 Å². The van der Waals surface area contributed by atoms with E-state index in [9.17, 15) is 53.4 Å². The highest BCUT2D eigenvalue weighted by Crippen LogP contribution is 2.65. The van der Waals surface area contributed by atoms with Crippen LogP contribution in [0.5, 0.6) is 0 Å². The number of esters is 4. The van der Waals surface area contributed by atoms with E-state index in [0.717, 1.165) is 25.0 Å². The van der Waals surface area contributed by atoms with Crippen LogP contribution in [0.15, 0.2) is 134 Å². The monoisotopic (exact) mass is 1300 g/mol. The number of Topliss-reactive ketones (excluding diaryl/α,β-unsaturated/α-hetero) is 1. The Morgan fingerprint density at radius 3 is 2.08 bits per heavy atom. The average Bonchev–Trinajstić information content (AvgIpc) is 0.670. The van der Waals surface area contributed by atoms with Crippen LogP contribution in [0.4, 0.5) is 5.69 Å². The molecule has 2 bridgehead atoms. The maximum atomic E-state index is 15.8. The topological polar surface area (TPSA) is 317 Å². The van der Waals surface area contributed by atoms with Gasteiger partial charge in [-0.3, -0.25) is 43.2 Å². The number of hydrogen-bond acceptors (Lipinski definition) is 17. The molecule has 9 rings (SSSR count). The fourth-order valence-electron chi connectivity index (χ4n) is 14.8. The lowest BCUT2D eigenvalue weighted by molar-refractivity contribution is -0.355. The van der Waals surface area contributed by atoms with Gasteiger partial charge in [0.2, 0.25) is 17.7 Å². The van der Waals surface area contributed by atoms with Gasteiger partial charge < -0.3 is 59.9 Å². The molecule has 502 valence electrons. The Bertz CT molecular complexity index is 3760. The number of aliphatic hydroxyl groups is 2. The normalized spacial score (nSPS) is 25.7. The number of fused-ring (bicyclic) bond motifs is 5. The Labute approximate surface area is 551 Å². The number of benzene rings is 5. The van der Waals surface area contributed by atoms with E-state index in [1.807, 2.05) is 37.3 Å². The van der Waals surface area contributed by atoms with Crippen molar-refractivity contribution in [3.8, 4) is 11.1 Å². The number of aliphatic hydroxyl groups excluding tert-OH is 1. The van der Waals surface area contributed by atoms with Gasteiger partial charge in [0, 0.05) is 74.5 Å². The van der Waals surface area contributed by atoms with Gasteiger partial charge >= 0.3 is 29.8 Å². The SMILES string of the molecule is C=Cc1c(-c2cccc(C(=O)NC(CC(=O)O[C@H]3C[C@@]4(O)[C@@H](OC(=O)c5ccccc5)[C@@H]5[C@]6(OC(C)=O)CO[C@@H]6C[C@H](O)[C@@]5(C)C(=O)[C@H](OC(C)=O)C(C3C)C4(C)C)c3ccccc3)c2)cccc1N(Cc1ccccc1CC)C(=O)CCNC(=O)CNC(=O)CCC(=O)O. The zero-order chi connectivity index (χ0) is 68.7. The molecule has 3 unspecified atom stereocenters. The molecule has 4 aliphatic rings. The summed E-state index contributed by atoms with van der Waals surface area (Å²) in [6, 6.07) is 35.3. The Morgan fingerprint density at radius 1 is 0.779 bits per heavy atom. The minimum atomic E-state index is -2.35. The average molecular weight is 1300 g/mol. The van der Waals surface area contributed by atoms with Crippen LogP contribution in [-0.4, -0.2) is 136 Å². The first-order chi connectivity index (χ1) is 45.2. The van der Waals surface area contributed by atoms with Gasteiger partial charge in [0.15, 0.2) is 17.5 Å². The van der Waals surface area contributed by atoms with E-state index in [2.05, 4.69) is 22.5 Å². The summed E-state index contributed by atoms with van der Waals surface area (Å²) in [5.41, 5.74) is -2.90. The number of aryl methyl sites for hydroxylation is 1. The lowest BCUT2D eigenvalue weighted by Gasteiger charge is -2.69. The highest BCUT2D eigenvalue weighted by Gasteiger charge is 2.79. The number of carbonyl (C=O) groups excluding carboxylic acids is 9. The molecule has 5 aromatic carbocycles. The first-order valence-corrected chi connectivity index (χ1v) is 31.9. The molecule has 22 heteroatoms. The molecule has 4 fully saturated rings. The molecular formula is C73H82N4O18. The first kappa shape index (κ1) is 69.9. The van der Waals surface area contributed by atoms with Crippen molar-refractivity contribution in [2.24, 2.45) is 28.6 Å². The zero-order valence-corrected chi connectivity index (χ0v) is 54.3. The van der Waals surface area contributed by atoms with Crippen LogP contribution in [0.3, 0.4) is 0 Å². The summed E-state index contributed by atoms with van der Waals surface area (Å²) in [6.45, 7) is 14.2. The molecule has 3 aliphatic carbocycles. The molecular weight excluding hydrogens is 1220 g/mol. The van der Waals surface area contributed by atoms with E-state index in [4.69, 9.17) is 28.8 Å². The zero-order valence-electron chi connectivity index (χ0n) is 54.3. The van der Waals surface area contributed by atoms with Crippen molar-refractivity contribution in [2.75, 3.05) is 24.6 Å². The number of nitrogens with one attached hydrogen (secondary N) is 3. The molecule has 5 aromatic rings. The summed E-state index contributed by atoms with van der Waals surface area (Å²) in [6.07, 6.45) is -7.15. The van der Waals surface area contributed by atoms with Gasteiger partial charge in [-0.05, 0) is 71.5 Å². The molecule has 6 N–H and O–H groups in total. The number of carboxylic acids is 1. The van der Waals surface area contributed by atoms with Crippen LogP contribution < -0.4 is 20.9 Å². The van der Waals surface area contributed by atoms with Gasteiger partial charge in [-0.2, -0.15) is 0 Å². The quantitative estimate of drug-likeness (QED) is 0.0256. The maximum absolute atomic E-state index is 15.8. The summed E-state index contributed by atoms with van der Waals surface area (Å²) < 4.78 is 31.2. The summed E-state index contributed by atoms with van der Waals surface area (Å²) in [5.74, 6) is -11.2. The predicted molar refractivity (Wildman–Crippen MR) is 346 cm³/mol. The third kappa shape index (κ3) is 14.4. The second-order valence-electron chi connectivity index (χ2n) is 25.7. The molecule has 3 saturated carbocycles. The van der Waals surface area contributed by atoms with Crippen molar-refractivity contribution in [3.05, 3.63) is 167 Å². The Kier molecular flexibility index (Phi) is 21.4. The van der Waals surface area contributed by atoms with Crippen molar-refractivity contribution < 1.29 is 86.9 Å². The molecule has 1 saturated heterocycles. The second-order valence-corrected chi connectivity index (χ2v) is 25.7. The minimum Gasteiger partial charge on any atom is -0.481 e. The highest BCUT2D eigenvalue weighted by atomic mass is 16.6. The molecule has 0 aromatic heterocycles. The molecule has 0 spiro atoms. The summed E-state index contributed by atoms with van der Waals surface area (Å²) in [5, 5.41) is 43.3. The van der Waals surface area contributed by atoms with Gasteiger partial charge in [0.05, 0.1) is 67.3 Å². The predicted octanol–water partition coefficient (Wildman–Crippen LogP) is 7.59. The van der Waals surface area contributed by atoms with Crippen LogP contribution >= 0.6 is 0 Å². The number of nitrogens with zero attached hydrogens (tertiary/aromatic N) is 1. The van der Waals surface area contributed by atoms with Gasteiger partial charge in [0.25, 0.3) is 5.91 Å².